The topological polar surface area (TPSA) is 69.7 Å². The number of rotatable bonds is 9. The van der Waals surface area contributed by atoms with Crippen molar-refractivity contribution in [2.24, 2.45) is 0 Å². The first-order valence-corrected chi connectivity index (χ1v) is 11.5. The van der Waals surface area contributed by atoms with Crippen LogP contribution in [0.4, 0.5) is 5.69 Å². The fraction of sp³-hybridized carbons (Fsp3) is 0.316. The van der Waals surface area contributed by atoms with Gasteiger partial charge in [0.05, 0.1) is 5.69 Å². The van der Waals surface area contributed by atoms with Crippen molar-refractivity contribution < 1.29 is 13.2 Å². The van der Waals surface area contributed by atoms with Crippen molar-refractivity contribution in [1.82, 2.24) is 9.62 Å². The molecule has 2 aromatic carbocycles. The Kier molecular flexibility index (Phi) is 8.18. The Hall–Kier alpha value is -1.74. The molecule has 0 aromatic heterocycles. The van der Waals surface area contributed by atoms with E-state index in [4.69, 9.17) is 11.6 Å². The third-order valence-electron chi connectivity index (χ3n) is 3.99. The minimum absolute atomic E-state index is 0.187. The van der Waals surface area contributed by atoms with E-state index in [0.29, 0.717) is 17.8 Å². The van der Waals surface area contributed by atoms with Crippen LogP contribution in [0, 0.1) is 0 Å². The Morgan fingerprint density at radius 3 is 2.39 bits per heavy atom. The molecule has 0 fully saturated rings. The Morgan fingerprint density at radius 2 is 1.79 bits per heavy atom. The van der Waals surface area contributed by atoms with E-state index in [9.17, 15) is 13.2 Å². The number of halogens is 1. The fourth-order valence-corrected chi connectivity index (χ4v) is 4.25. The van der Waals surface area contributed by atoms with Gasteiger partial charge in [0.2, 0.25) is 0 Å². The van der Waals surface area contributed by atoms with Crippen molar-refractivity contribution in [3.63, 3.8) is 0 Å². The highest BCUT2D eigenvalue weighted by Gasteiger charge is 2.20. The van der Waals surface area contributed by atoms with Crippen molar-refractivity contribution in [3.05, 3.63) is 64.7 Å². The molecule has 0 radical (unpaired) electrons. The molecule has 1 amide bonds. The number of nitrogens with one attached hydrogen (secondary N) is 1. The first-order valence-electron chi connectivity index (χ1n) is 8.58. The van der Waals surface area contributed by atoms with Gasteiger partial charge in [0.15, 0.2) is 0 Å². The zero-order chi connectivity index (χ0) is 20.7. The Labute approximate surface area is 176 Å². The van der Waals surface area contributed by atoms with E-state index in [1.54, 1.807) is 36.0 Å². The molecule has 0 saturated heterocycles. The van der Waals surface area contributed by atoms with Crippen LogP contribution in [0.5, 0.6) is 0 Å². The Balaban J connectivity index is 1.81. The fourth-order valence-electron chi connectivity index (χ4n) is 2.36. The van der Waals surface area contributed by atoms with E-state index >= 15 is 0 Å². The largest absolute Gasteiger partial charge is 0.351 e. The molecule has 0 atom stereocenters. The zero-order valence-corrected chi connectivity index (χ0v) is 18.4. The second kappa shape index (κ2) is 10.2. The lowest BCUT2D eigenvalue weighted by Gasteiger charge is -2.23. The number of hydrogen-bond acceptors (Lipinski definition) is 4. The molecular weight excluding hydrogens is 418 g/mol. The van der Waals surface area contributed by atoms with Gasteiger partial charge in [-0.05, 0) is 42.0 Å². The third kappa shape index (κ3) is 6.13. The van der Waals surface area contributed by atoms with Gasteiger partial charge in [-0.3, -0.25) is 9.10 Å². The van der Waals surface area contributed by atoms with Crippen LogP contribution in [0.1, 0.15) is 15.9 Å². The van der Waals surface area contributed by atoms with E-state index in [2.05, 4.69) is 5.32 Å². The smallest absolute Gasteiger partial charge is 0.303 e. The number of benzene rings is 2. The van der Waals surface area contributed by atoms with E-state index in [1.807, 2.05) is 24.3 Å². The first-order chi connectivity index (χ1) is 13.2. The quantitative estimate of drug-likeness (QED) is 0.606. The van der Waals surface area contributed by atoms with Crippen molar-refractivity contribution in [3.8, 4) is 0 Å². The van der Waals surface area contributed by atoms with Crippen LogP contribution in [0.15, 0.2) is 48.5 Å². The number of carbonyl (C=O) groups is 1. The number of carbonyl (C=O) groups excluding carboxylic acids is 1. The highest BCUT2D eigenvalue weighted by Crippen LogP contribution is 2.18. The summed E-state index contributed by atoms with van der Waals surface area (Å²) in [5, 5.41) is 3.59. The van der Waals surface area contributed by atoms with Crippen LogP contribution in [-0.4, -0.2) is 52.1 Å². The molecule has 0 aliphatic heterocycles. The average Bonchev–Trinajstić information content (AvgIpc) is 2.67. The van der Waals surface area contributed by atoms with Gasteiger partial charge in [0.25, 0.3) is 5.91 Å². The molecule has 0 heterocycles. The molecule has 0 saturated carbocycles. The SMILES string of the molecule is CN(C)S(=O)(=O)N(C)c1ccc(C(=O)NCCSCc2cccc(Cl)c2)cc1. The van der Waals surface area contributed by atoms with Gasteiger partial charge < -0.3 is 5.32 Å². The second-order valence-electron chi connectivity index (χ2n) is 6.24. The number of nitrogens with zero attached hydrogens (tertiary/aromatic N) is 2. The molecule has 0 aliphatic rings. The predicted octanol–water partition coefficient (Wildman–Crippen LogP) is 3.25. The number of amides is 1. The van der Waals surface area contributed by atoms with Crippen molar-refractivity contribution >= 4 is 45.2 Å². The average molecular weight is 442 g/mol. The molecule has 28 heavy (non-hydrogen) atoms. The minimum atomic E-state index is -3.55. The monoisotopic (exact) mass is 441 g/mol. The van der Waals surface area contributed by atoms with Crippen LogP contribution in [0.3, 0.4) is 0 Å². The van der Waals surface area contributed by atoms with Gasteiger partial charge in [0.1, 0.15) is 0 Å². The highest BCUT2D eigenvalue weighted by atomic mass is 35.5. The van der Waals surface area contributed by atoms with Crippen LogP contribution < -0.4 is 9.62 Å². The molecule has 2 aromatic rings. The summed E-state index contributed by atoms with van der Waals surface area (Å²) in [6, 6.07) is 14.2. The molecule has 6 nitrogen and oxygen atoms in total. The highest BCUT2D eigenvalue weighted by molar-refractivity contribution is 7.98. The third-order valence-corrected chi connectivity index (χ3v) is 7.08. The van der Waals surface area contributed by atoms with Gasteiger partial charge in [-0.25, -0.2) is 0 Å². The molecular formula is C19H24ClN3O3S2. The molecule has 152 valence electrons. The van der Waals surface area contributed by atoms with Crippen LogP contribution in [0.2, 0.25) is 5.02 Å². The summed E-state index contributed by atoms with van der Waals surface area (Å²) in [5.74, 6) is 1.42. The van der Waals surface area contributed by atoms with Crippen LogP contribution in [0.25, 0.3) is 0 Å². The standard InChI is InChI=1S/C19H24ClN3O3S2/c1-22(2)28(25,26)23(3)18-9-7-16(8-10-18)19(24)21-11-12-27-14-15-5-4-6-17(20)13-15/h4-10,13H,11-12,14H2,1-3H3,(H,21,24). The van der Waals surface area contributed by atoms with Gasteiger partial charge in [-0.2, -0.15) is 24.5 Å². The van der Waals surface area contributed by atoms with Crippen molar-refractivity contribution in [1.29, 1.82) is 0 Å². The maximum atomic E-state index is 12.2. The van der Waals surface area contributed by atoms with E-state index in [-0.39, 0.29) is 5.91 Å². The van der Waals surface area contributed by atoms with Crippen molar-refractivity contribution in [2.45, 2.75) is 5.75 Å². The molecule has 0 spiro atoms. The number of anilines is 1. The Morgan fingerprint density at radius 1 is 1.11 bits per heavy atom. The maximum absolute atomic E-state index is 12.2. The van der Waals surface area contributed by atoms with E-state index < -0.39 is 10.2 Å². The summed E-state index contributed by atoms with van der Waals surface area (Å²) >= 11 is 7.67. The van der Waals surface area contributed by atoms with Crippen LogP contribution >= 0.6 is 23.4 Å². The summed E-state index contributed by atoms with van der Waals surface area (Å²) in [7, 11) is 0.860. The van der Waals surface area contributed by atoms with Crippen LogP contribution in [-0.2, 0) is 16.0 Å². The summed E-state index contributed by atoms with van der Waals surface area (Å²) < 4.78 is 26.6. The maximum Gasteiger partial charge on any atom is 0.303 e. The molecule has 0 unspecified atom stereocenters. The molecule has 2 rings (SSSR count). The van der Waals surface area contributed by atoms with Gasteiger partial charge in [-0.1, -0.05) is 23.7 Å². The minimum Gasteiger partial charge on any atom is -0.351 e. The summed E-state index contributed by atoms with van der Waals surface area (Å²) in [6.07, 6.45) is 0. The first kappa shape index (κ1) is 22.5. The summed E-state index contributed by atoms with van der Waals surface area (Å²) in [5.41, 5.74) is 2.12. The predicted molar refractivity (Wildman–Crippen MR) is 117 cm³/mol. The van der Waals surface area contributed by atoms with Gasteiger partial charge in [0, 0.05) is 49.8 Å². The summed E-state index contributed by atoms with van der Waals surface area (Å²) in [4.78, 5) is 12.2. The second-order valence-corrected chi connectivity index (χ2v) is 9.96. The summed E-state index contributed by atoms with van der Waals surface area (Å²) in [6.45, 7) is 0.542. The molecule has 1 N–H and O–H groups in total. The van der Waals surface area contributed by atoms with E-state index in [0.717, 1.165) is 26.4 Å². The Bertz CT molecular complexity index is 903. The molecule has 0 bridgehead atoms. The lowest BCUT2D eigenvalue weighted by molar-refractivity contribution is 0.0956. The van der Waals surface area contributed by atoms with Gasteiger partial charge >= 0.3 is 10.2 Å². The lowest BCUT2D eigenvalue weighted by Crippen LogP contribution is -2.37. The number of thioether (sulfide) groups is 1. The zero-order valence-electron chi connectivity index (χ0n) is 16.1. The molecule has 0 aliphatic carbocycles. The molecule has 9 heteroatoms. The van der Waals surface area contributed by atoms with Gasteiger partial charge in [-0.15, -0.1) is 0 Å². The van der Waals surface area contributed by atoms with Crippen molar-refractivity contribution in [2.75, 3.05) is 37.7 Å². The lowest BCUT2D eigenvalue weighted by atomic mass is 10.2. The normalized spacial score (nSPS) is 11.5. The number of hydrogen-bond donors (Lipinski definition) is 1. The van der Waals surface area contributed by atoms with E-state index in [1.165, 1.54) is 25.4 Å².